The van der Waals surface area contributed by atoms with E-state index in [1.54, 1.807) is 0 Å². The Balaban J connectivity index is 2.30. The number of likely N-dealkylation sites (N-methyl/N-ethyl adjacent to an activating group) is 1. The summed E-state index contributed by atoms with van der Waals surface area (Å²) in [6, 6.07) is 0.216. The molecule has 1 aliphatic heterocycles. The Morgan fingerprint density at radius 1 is 1.47 bits per heavy atom. The fraction of sp³-hybridized carbons (Fsp3) is 0.923. The summed E-state index contributed by atoms with van der Waals surface area (Å²) in [6.45, 7) is 5.97. The van der Waals surface area contributed by atoms with Crippen LogP contribution in [0.5, 0.6) is 0 Å². The molecule has 0 radical (unpaired) electrons. The van der Waals surface area contributed by atoms with Crippen LogP contribution in [-0.2, 0) is 4.79 Å². The normalized spacial score (nSPS) is 22.5. The van der Waals surface area contributed by atoms with Crippen LogP contribution in [0, 0.1) is 5.92 Å². The molecule has 100 valence electrons. The first-order valence-electron chi connectivity index (χ1n) is 6.76. The molecule has 0 aromatic rings. The van der Waals surface area contributed by atoms with Gasteiger partial charge in [-0.05, 0) is 31.7 Å². The average Bonchev–Trinajstić information content (AvgIpc) is 2.35. The van der Waals surface area contributed by atoms with E-state index in [2.05, 4.69) is 19.2 Å². The Morgan fingerprint density at radius 3 is 2.71 bits per heavy atom. The second-order valence-electron chi connectivity index (χ2n) is 5.46. The summed E-state index contributed by atoms with van der Waals surface area (Å²) >= 11 is 0. The molecule has 2 unspecified atom stereocenters. The van der Waals surface area contributed by atoms with Gasteiger partial charge in [0, 0.05) is 19.6 Å². The van der Waals surface area contributed by atoms with Crippen molar-refractivity contribution in [2.75, 3.05) is 20.1 Å². The van der Waals surface area contributed by atoms with Gasteiger partial charge in [0.1, 0.15) is 0 Å². The Labute approximate surface area is 105 Å². The summed E-state index contributed by atoms with van der Waals surface area (Å²) in [5, 5.41) is 3.29. The van der Waals surface area contributed by atoms with Gasteiger partial charge in [0.25, 0.3) is 0 Å². The molecule has 1 heterocycles. The Bertz CT molecular complexity index is 237. The monoisotopic (exact) mass is 241 g/mol. The molecular formula is C13H27N3O. The predicted octanol–water partition coefficient (Wildman–Crippen LogP) is 0.960. The number of piperidine rings is 1. The molecule has 0 aromatic heterocycles. The maximum absolute atomic E-state index is 12.1. The quantitative estimate of drug-likeness (QED) is 0.754. The first-order valence-corrected chi connectivity index (χ1v) is 6.76. The Hall–Kier alpha value is -0.610. The standard InChI is InChI=1S/C13H27N3O/c1-10(2)11(14)7-9-16(3)13(17)12-6-4-5-8-15-12/h10-12,15H,4-9,14H2,1-3H3. The van der Waals surface area contributed by atoms with E-state index < -0.39 is 0 Å². The van der Waals surface area contributed by atoms with Crippen LogP contribution in [-0.4, -0.2) is 43.0 Å². The number of carbonyl (C=O) groups excluding carboxylic acids is 1. The highest BCUT2D eigenvalue weighted by Gasteiger charge is 2.23. The van der Waals surface area contributed by atoms with Gasteiger partial charge in [0.05, 0.1) is 6.04 Å². The Morgan fingerprint density at radius 2 is 2.18 bits per heavy atom. The van der Waals surface area contributed by atoms with Crippen molar-refractivity contribution in [3.63, 3.8) is 0 Å². The third kappa shape index (κ3) is 4.64. The van der Waals surface area contributed by atoms with E-state index in [-0.39, 0.29) is 18.0 Å². The zero-order valence-corrected chi connectivity index (χ0v) is 11.4. The lowest BCUT2D eigenvalue weighted by atomic mass is 10.0. The number of nitrogens with one attached hydrogen (secondary N) is 1. The summed E-state index contributed by atoms with van der Waals surface area (Å²) in [4.78, 5) is 13.9. The van der Waals surface area contributed by atoms with Crippen molar-refractivity contribution in [1.29, 1.82) is 0 Å². The van der Waals surface area contributed by atoms with Gasteiger partial charge in [-0.3, -0.25) is 4.79 Å². The van der Waals surface area contributed by atoms with Crippen LogP contribution in [0.15, 0.2) is 0 Å². The van der Waals surface area contributed by atoms with Crippen molar-refractivity contribution in [2.24, 2.45) is 11.7 Å². The van der Waals surface area contributed by atoms with Gasteiger partial charge in [-0.25, -0.2) is 0 Å². The van der Waals surface area contributed by atoms with Gasteiger partial charge in [-0.1, -0.05) is 20.3 Å². The van der Waals surface area contributed by atoms with Crippen molar-refractivity contribution in [2.45, 2.75) is 51.6 Å². The van der Waals surface area contributed by atoms with Crippen molar-refractivity contribution >= 4 is 5.91 Å². The summed E-state index contributed by atoms with van der Waals surface area (Å²) in [7, 11) is 1.88. The molecule has 1 saturated heterocycles. The van der Waals surface area contributed by atoms with E-state index in [1.165, 1.54) is 6.42 Å². The Kier molecular flexibility index (Phi) is 5.92. The maximum atomic E-state index is 12.1. The lowest BCUT2D eigenvalue weighted by Crippen LogP contribution is -2.48. The zero-order valence-electron chi connectivity index (χ0n) is 11.4. The van der Waals surface area contributed by atoms with Crippen LogP contribution >= 0.6 is 0 Å². The topological polar surface area (TPSA) is 58.4 Å². The minimum atomic E-state index is 0.0315. The van der Waals surface area contributed by atoms with E-state index in [4.69, 9.17) is 5.73 Å². The van der Waals surface area contributed by atoms with E-state index >= 15 is 0 Å². The summed E-state index contributed by atoms with van der Waals surface area (Å²) < 4.78 is 0. The predicted molar refractivity (Wildman–Crippen MR) is 70.7 cm³/mol. The second kappa shape index (κ2) is 6.97. The molecule has 3 N–H and O–H groups in total. The zero-order chi connectivity index (χ0) is 12.8. The highest BCUT2D eigenvalue weighted by Crippen LogP contribution is 2.10. The largest absolute Gasteiger partial charge is 0.344 e. The molecule has 17 heavy (non-hydrogen) atoms. The van der Waals surface area contributed by atoms with Crippen molar-refractivity contribution < 1.29 is 4.79 Å². The highest BCUT2D eigenvalue weighted by molar-refractivity contribution is 5.81. The molecule has 0 saturated carbocycles. The fourth-order valence-corrected chi connectivity index (χ4v) is 2.11. The van der Waals surface area contributed by atoms with Crippen LogP contribution in [0.1, 0.15) is 39.5 Å². The smallest absolute Gasteiger partial charge is 0.239 e. The van der Waals surface area contributed by atoms with Crippen LogP contribution in [0.3, 0.4) is 0 Å². The first kappa shape index (κ1) is 14.5. The SMILES string of the molecule is CC(C)C(N)CCN(C)C(=O)C1CCCCN1. The molecule has 4 heteroatoms. The number of hydrogen-bond donors (Lipinski definition) is 2. The summed E-state index contributed by atoms with van der Waals surface area (Å²) in [5.74, 6) is 0.701. The number of carbonyl (C=O) groups is 1. The van der Waals surface area contributed by atoms with Gasteiger partial charge in [0.15, 0.2) is 0 Å². The molecule has 0 bridgehead atoms. The van der Waals surface area contributed by atoms with Gasteiger partial charge in [-0.15, -0.1) is 0 Å². The lowest BCUT2D eigenvalue weighted by Gasteiger charge is -2.28. The van der Waals surface area contributed by atoms with Crippen molar-refractivity contribution in [3.8, 4) is 0 Å². The minimum absolute atomic E-state index is 0.0315. The van der Waals surface area contributed by atoms with Crippen LogP contribution in [0.2, 0.25) is 0 Å². The highest BCUT2D eigenvalue weighted by atomic mass is 16.2. The summed E-state index contributed by atoms with van der Waals surface area (Å²) in [6.07, 6.45) is 4.19. The molecule has 1 aliphatic rings. The summed E-state index contributed by atoms with van der Waals surface area (Å²) in [5.41, 5.74) is 5.99. The van der Waals surface area contributed by atoms with E-state index in [1.807, 2.05) is 11.9 Å². The maximum Gasteiger partial charge on any atom is 0.239 e. The number of nitrogens with zero attached hydrogens (tertiary/aromatic N) is 1. The van der Waals surface area contributed by atoms with Crippen LogP contribution in [0.4, 0.5) is 0 Å². The molecular weight excluding hydrogens is 214 g/mol. The molecule has 0 spiro atoms. The lowest BCUT2D eigenvalue weighted by molar-refractivity contribution is -0.132. The van der Waals surface area contributed by atoms with E-state index in [0.717, 1.165) is 32.4 Å². The molecule has 2 atom stereocenters. The van der Waals surface area contributed by atoms with Gasteiger partial charge in [0.2, 0.25) is 5.91 Å². The average molecular weight is 241 g/mol. The third-order valence-corrected chi connectivity index (χ3v) is 3.64. The van der Waals surface area contributed by atoms with Gasteiger partial charge < -0.3 is 16.0 Å². The number of rotatable bonds is 5. The number of nitrogens with two attached hydrogens (primary N) is 1. The molecule has 1 fully saturated rings. The first-order chi connectivity index (χ1) is 8.02. The van der Waals surface area contributed by atoms with Gasteiger partial charge >= 0.3 is 0 Å². The molecule has 0 aromatic carbocycles. The molecule has 4 nitrogen and oxygen atoms in total. The molecule has 1 rings (SSSR count). The van der Waals surface area contributed by atoms with Crippen LogP contribution < -0.4 is 11.1 Å². The van der Waals surface area contributed by atoms with Crippen molar-refractivity contribution in [1.82, 2.24) is 10.2 Å². The van der Waals surface area contributed by atoms with E-state index in [9.17, 15) is 4.79 Å². The second-order valence-corrected chi connectivity index (χ2v) is 5.46. The van der Waals surface area contributed by atoms with Crippen molar-refractivity contribution in [3.05, 3.63) is 0 Å². The van der Waals surface area contributed by atoms with Crippen LogP contribution in [0.25, 0.3) is 0 Å². The molecule has 1 amide bonds. The number of amides is 1. The third-order valence-electron chi connectivity index (χ3n) is 3.64. The number of hydrogen-bond acceptors (Lipinski definition) is 3. The van der Waals surface area contributed by atoms with Gasteiger partial charge in [-0.2, -0.15) is 0 Å². The van der Waals surface area contributed by atoms with E-state index in [0.29, 0.717) is 5.92 Å². The minimum Gasteiger partial charge on any atom is -0.344 e. The fourth-order valence-electron chi connectivity index (χ4n) is 2.11. The molecule has 0 aliphatic carbocycles.